The topological polar surface area (TPSA) is 61.4 Å². The fraction of sp³-hybridized carbons (Fsp3) is 0.579. The Balaban J connectivity index is 0.00000225. The fourth-order valence-electron chi connectivity index (χ4n) is 3.56. The van der Waals surface area contributed by atoms with Crippen LogP contribution in [0.2, 0.25) is 0 Å². The predicted molar refractivity (Wildman–Crippen MR) is 101 cm³/mol. The maximum Gasteiger partial charge on any atom is 0.243 e. The number of hydrogen-bond acceptors (Lipinski definition) is 3. The highest BCUT2D eigenvalue weighted by atomic mass is 35.5. The van der Waals surface area contributed by atoms with Crippen molar-refractivity contribution in [2.45, 2.75) is 51.7 Å². The molecule has 138 valence electrons. The van der Waals surface area contributed by atoms with Crippen molar-refractivity contribution in [3.63, 3.8) is 0 Å². The molecule has 0 radical (unpaired) electrons. The minimum Gasteiger partial charge on any atom is -0.350 e. The first-order valence-corrected chi connectivity index (χ1v) is 8.92. The Morgan fingerprint density at radius 2 is 2.00 bits per heavy atom. The molecule has 25 heavy (non-hydrogen) atoms. The van der Waals surface area contributed by atoms with Crippen LogP contribution in [0.15, 0.2) is 24.3 Å². The zero-order valence-corrected chi connectivity index (χ0v) is 15.8. The summed E-state index contributed by atoms with van der Waals surface area (Å²) in [6.45, 7) is 6.36. The number of amides is 2. The van der Waals surface area contributed by atoms with E-state index in [1.54, 1.807) is 4.90 Å². The molecular weight excluding hydrogens is 338 g/mol. The van der Waals surface area contributed by atoms with Gasteiger partial charge in [-0.15, -0.1) is 12.4 Å². The van der Waals surface area contributed by atoms with Crippen LogP contribution in [0.5, 0.6) is 0 Å². The molecule has 0 bridgehead atoms. The molecule has 0 spiro atoms. The van der Waals surface area contributed by atoms with Crippen molar-refractivity contribution in [3.8, 4) is 0 Å². The molecular formula is C19H28ClN3O2. The third kappa shape index (κ3) is 4.73. The average Bonchev–Trinajstić information content (AvgIpc) is 3.05. The molecule has 1 saturated heterocycles. The highest BCUT2D eigenvalue weighted by Gasteiger charge is 2.35. The normalized spacial score (nSPS) is 22.3. The third-order valence-electron chi connectivity index (χ3n) is 4.86. The van der Waals surface area contributed by atoms with Gasteiger partial charge in [-0.2, -0.15) is 0 Å². The lowest BCUT2D eigenvalue weighted by atomic mass is 9.92. The fourth-order valence-corrected chi connectivity index (χ4v) is 3.56. The first-order valence-electron chi connectivity index (χ1n) is 8.92. The summed E-state index contributed by atoms with van der Waals surface area (Å²) in [5, 5.41) is 6.38. The molecule has 2 aliphatic rings. The molecule has 0 aromatic heterocycles. The minimum atomic E-state index is -0.397. The van der Waals surface area contributed by atoms with Crippen LogP contribution in [-0.2, 0) is 22.6 Å². The molecule has 2 aliphatic heterocycles. The summed E-state index contributed by atoms with van der Waals surface area (Å²) in [5.41, 5.74) is 2.33. The molecule has 0 saturated carbocycles. The number of halogens is 1. The summed E-state index contributed by atoms with van der Waals surface area (Å²) in [6.07, 6.45) is 2.04. The Labute approximate surface area is 155 Å². The lowest BCUT2D eigenvalue weighted by molar-refractivity contribution is -0.142. The smallest absolute Gasteiger partial charge is 0.243 e. The summed E-state index contributed by atoms with van der Waals surface area (Å²) >= 11 is 0. The first kappa shape index (κ1) is 19.7. The van der Waals surface area contributed by atoms with E-state index in [2.05, 4.69) is 22.8 Å². The largest absolute Gasteiger partial charge is 0.350 e. The van der Waals surface area contributed by atoms with Crippen LogP contribution < -0.4 is 10.6 Å². The van der Waals surface area contributed by atoms with Crippen molar-refractivity contribution < 1.29 is 9.59 Å². The summed E-state index contributed by atoms with van der Waals surface area (Å²) in [6, 6.07) is 7.90. The number of hydrogen-bond donors (Lipinski definition) is 2. The van der Waals surface area contributed by atoms with Crippen LogP contribution in [-0.4, -0.2) is 41.9 Å². The van der Waals surface area contributed by atoms with E-state index in [0.29, 0.717) is 19.4 Å². The number of fused-ring (bicyclic) bond motifs is 1. The molecule has 3 rings (SSSR count). The molecule has 1 fully saturated rings. The minimum absolute atomic E-state index is 0. The standard InChI is InChI=1S/C19H27N3O2.ClH/c1-13(2)9-18(23)22-12-15-6-4-3-5-14(15)10-17(22)19(24)21-16-7-8-20-11-16;/h3-6,13,16-17,20H,7-12H2,1-2H3,(H,21,24);1H. The van der Waals surface area contributed by atoms with Crippen LogP contribution in [0.3, 0.4) is 0 Å². The average molecular weight is 366 g/mol. The molecule has 5 nitrogen and oxygen atoms in total. The first-order chi connectivity index (χ1) is 11.5. The summed E-state index contributed by atoms with van der Waals surface area (Å²) < 4.78 is 0. The van der Waals surface area contributed by atoms with Gasteiger partial charge in [0.05, 0.1) is 0 Å². The number of carbonyl (C=O) groups is 2. The van der Waals surface area contributed by atoms with Crippen molar-refractivity contribution in [1.29, 1.82) is 0 Å². The lowest BCUT2D eigenvalue weighted by Gasteiger charge is -2.37. The van der Waals surface area contributed by atoms with Gasteiger partial charge in [-0.3, -0.25) is 9.59 Å². The molecule has 6 heteroatoms. The van der Waals surface area contributed by atoms with E-state index in [4.69, 9.17) is 0 Å². The van der Waals surface area contributed by atoms with Gasteiger partial charge in [-0.1, -0.05) is 38.1 Å². The second kappa shape index (κ2) is 8.68. The summed E-state index contributed by atoms with van der Waals surface area (Å²) in [5.74, 6) is 0.344. The molecule has 1 aromatic rings. The number of rotatable bonds is 4. The lowest BCUT2D eigenvalue weighted by Crippen LogP contribution is -2.54. The van der Waals surface area contributed by atoms with Crippen LogP contribution in [0.1, 0.15) is 37.8 Å². The van der Waals surface area contributed by atoms with E-state index in [9.17, 15) is 9.59 Å². The van der Waals surface area contributed by atoms with E-state index in [1.165, 1.54) is 5.56 Å². The van der Waals surface area contributed by atoms with E-state index in [0.717, 1.165) is 25.1 Å². The highest BCUT2D eigenvalue weighted by molar-refractivity contribution is 5.88. The third-order valence-corrected chi connectivity index (χ3v) is 4.86. The summed E-state index contributed by atoms with van der Waals surface area (Å²) in [7, 11) is 0. The van der Waals surface area contributed by atoms with E-state index < -0.39 is 6.04 Å². The van der Waals surface area contributed by atoms with E-state index >= 15 is 0 Å². The predicted octanol–water partition coefficient (Wildman–Crippen LogP) is 1.89. The second-order valence-corrected chi connectivity index (χ2v) is 7.31. The van der Waals surface area contributed by atoms with E-state index in [-0.39, 0.29) is 36.2 Å². The Morgan fingerprint density at radius 1 is 1.28 bits per heavy atom. The zero-order valence-electron chi connectivity index (χ0n) is 15.0. The number of nitrogens with zero attached hydrogens (tertiary/aromatic N) is 1. The second-order valence-electron chi connectivity index (χ2n) is 7.31. The highest BCUT2D eigenvalue weighted by Crippen LogP contribution is 2.25. The van der Waals surface area contributed by atoms with Gasteiger partial charge < -0.3 is 15.5 Å². The van der Waals surface area contributed by atoms with Crippen molar-refractivity contribution in [3.05, 3.63) is 35.4 Å². The SMILES string of the molecule is CC(C)CC(=O)N1Cc2ccccc2CC1C(=O)NC1CCNC1.Cl. The van der Waals surface area contributed by atoms with Gasteiger partial charge in [0.25, 0.3) is 0 Å². The Hall–Kier alpha value is -1.59. The quantitative estimate of drug-likeness (QED) is 0.856. The molecule has 2 atom stereocenters. The Morgan fingerprint density at radius 3 is 2.64 bits per heavy atom. The summed E-state index contributed by atoms with van der Waals surface area (Å²) in [4.78, 5) is 27.3. The maximum atomic E-state index is 12.8. The molecule has 2 unspecified atom stereocenters. The Kier molecular flexibility index (Phi) is 6.85. The van der Waals surface area contributed by atoms with Crippen molar-refractivity contribution in [2.24, 2.45) is 5.92 Å². The monoisotopic (exact) mass is 365 g/mol. The Bertz CT molecular complexity index is 614. The van der Waals surface area contributed by atoms with Gasteiger partial charge in [0.15, 0.2) is 0 Å². The van der Waals surface area contributed by atoms with Crippen molar-refractivity contribution >= 4 is 24.2 Å². The molecule has 2 heterocycles. The number of nitrogens with one attached hydrogen (secondary N) is 2. The van der Waals surface area contributed by atoms with Gasteiger partial charge in [-0.05, 0) is 30.0 Å². The number of carbonyl (C=O) groups excluding carboxylic acids is 2. The molecule has 0 aliphatic carbocycles. The van der Waals surface area contributed by atoms with Crippen molar-refractivity contribution in [2.75, 3.05) is 13.1 Å². The zero-order chi connectivity index (χ0) is 17.1. The molecule has 2 N–H and O–H groups in total. The van der Waals surface area contributed by atoms with Crippen LogP contribution >= 0.6 is 12.4 Å². The van der Waals surface area contributed by atoms with Crippen LogP contribution in [0.25, 0.3) is 0 Å². The van der Waals surface area contributed by atoms with Crippen LogP contribution in [0.4, 0.5) is 0 Å². The van der Waals surface area contributed by atoms with Crippen molar-refractivity contribution in [1.82, 2.24) is 15.5 Å². The van der Waals surface area contributed by atoms with Gasteiger partial charge >= 0.3 is 0 Å². The van der Waals surface area contributed by atoms with E-state index in [1.807, 2.05) is 26.0 Å². The number of benzene rings is 1. The van der Waals surface area contributed by atoms with Gasteiger partial charge in [0, 0.05) is 32.0 Å². The maximum absolute atomic E-state index is 12.8. The molecule has 2 amide bonds. The van der Waals surface area contributed by atoms with Gasteiger partial charge in [0.2, 0.25) is 11.8 Å². The van der Waals surface area contributed by atoms with Gasteiger partial charge in [-0.25, -0.2) is 0 Å². The van der Waals surface area contributed by atoms with Gasteiger partial charge in [0.1, 0.15) is 6.04 Å². The van der Waals surface area contributed by atoms with Crippen LogP contribution in [0, 0.1) is 5.92 Å². The molecule has 1 aromatic carbocycles.